The molecule has 1 aliphatic carbocycles. The number of hydrogen-bond donors (Lipinski definition) is 2. The van der Waals surface area contributed by atoms with Crippen molar-refractivity contribution in [1.82, 2.24) is 9.62 Å². The summed E-state index contributed by atoms with van der Waals surface area (Å²) in [7, 11) is -4.54. The van der Waals surface area contributed by atoms with Gasteiger partial charge < -0.3 is 15.4 Å². The second kappa shape index (κ2) is 13.9. The zero-order valence-corrected chi connectivity index (χ0v) is 26.0. The molecule has 1 amide bonds. The van der Waals surface area contributed by atoms with Gasteiger partial charge in [-0.25, -0.2) is 8.42 Å². The molecule has 2 fully saturated rings. The van der Waals surface area contributed by atoms with Crippen molar-refractivity contribution in [2.45, 2.75) is 67.8 Å². The number of carbonyl (C=O) groups is 1. The quantitative estimate of drug-likeness (QED) is 0.267. The summed E-state index contributed by atoms with van der Waals surface area (Å²) in [6, 6.07) is 15.4. The zero-order valence-electron chi connectivity index (χ0n) is 24.4. The number of amides is 1. The molecular weight excluding hydrogens is 608 g/mol. The van der Waals surface area contributed by atoms with E-state index in [1.54, 1.807) is 30.3 Å². The number of benzene rings is 3. The van der Waals surface area contributed by atoms with Crippen molar-refractivity contribution >= 4 is 27.5 Å². The Hall–Kier alpha value is -3.05. The third kappa shape index (κ3) is 7.77. The maximum absolute atomic E-state index is 16.4. The van der Waals surface area contributed by atoms with Gasteiger partial charge in [0.15, 0.2) is 6.04 Å². The maximum atomic E-state index is 16.4. The molecule has 1 saturated heterocycles. The van der Waals surface area contributed by atoms with E-state index in [-0.39, 0.29) is 24.0 Å². The van der Waals surface area contributed by atoms with Gasteiger partial charge in [0, 0.05) is 29.7 Å². The van der Waals surface area contributed by atoms with E-state index in [0.29, 0.717) is 47.3 Å². The number of nitrogens with one attached hydrogen (secondary N) is 1. The van der Waals surface area contributed by atoms with E-state index in [2.05, 4.69) is 4.72 Å². The number of hydrogen-bond acceptors (Lipinski definition) is 5. The molecule has 1 saturated carbocycles. The number of rotatable bonds is 10. The van der Waals surface area contributed by atoms with Gasteiger partial charge in [-0.2, -0.15) is 13.5 Å². The highest BCUT2D eigenvalue weighted by molar-refractivity contribution is 7.89. The van der Waals surface area contributed by atoms with Crippen LogP contribution in [0.15, 0.2) is 77.7 Å². The Morgan fingerprint density at radius 2 is 1.61 bits per heavy atom. The van der Waals surface area contributed by atoms with Crippen LogP contribution in [0.2, 0.25) is 5.02 Å². The minimum Gasteiger partial charge on any atom is -0.493 e. The lowest BCUT2D eigenvalue weighted by Crippen LogP contribution is -2.58. The number of alkyl halides is 2. The lowest BCUT2D eigenvalue weighted by atomic mass is 9.90. The van der Waals surface area contributed by atoms with Crippen molar-refractivity contribution in [2.75, 3.05) is 19.7 Å². The minimum atomic E-state index is -4.54. The minimum absolute atomic E-state index is 0.149. The van der Waals surface area contributed by atoms with Gasteiger partial charge in [0.2, 0.25) is 15.9 Å². The second-order valence-corrected chi connectivity index (χ2v) is 13.9. The molecular formula is C33H38ClF2N3O4S. The third-order valence-corrected chi connectivity index (χ3v) is 10.2. The fourth-order valence-corrected chi connectivity index (χ4v) is 7.12. The largest absolute Gasteiger partial charge is 0.493 e. The summed E-state index contributed by atoms with van der Waals surface area (Å²) in [5.74, 6) is -3.94. The maximum Gasteiger partial charge on any atom is 0.298 e. The number of piperidine rings is 1. The average molecular weight is 646 g/mol. The van der Waals surface area contributed by atoms with E-state index < -0.39 is 33.5 Å². The summed E-state index contributed by atoms with van der Waals surface area (Å²) in [5.41, 5.74) is 6.59. The lowest BCUT2D eigenvalue weighted by molar-refractivity contribution is -0.145. The van der Waals surface area contributed by atoms with Gasteiger partial charge in [-0.05, 0) is 85.2 Å². The Labute approximate surface area is 262 Å². The molecule has 1 aliphatic heterocycles. The molecule has 1 heterocycles. The SMILES string of the molecule is NC1CCN(C(=O)[C@H](NS(=O)(=O)c2ccc(OCC3CCCCC3)cc2)C(F)(F)c2cccc(-c3ccc(Cl)cc3)c2)CC1. The predicted molar refractivity (Wildman–Crippen MR) is 167 cm³/mol. The molecule has 0 spiro atoms. The van der Waals surface area contributed by atoms with Crippen LogP contribution in [0.5, 0.6) is 5.75 Å². The lowest BCUT2D eigenvalue weighted by Gasteiger charge is -2.35. The molecule has 44 heavy (non-hydrogen) atoms. The van der Waals surface area contributed by atoms with Gasteiger partial charge in [0.25, 0.3) is 5.92 Å². The van der Waals surface area contributed by atoms with E-state index in [1.807, 2.05) is 0 Å². The zero-order chi connectivity index (χ0) is 31.3. The number of carbonyl (C=O) groups excluding carboxylic acids is 1. The van der Waals surface area contributed by atoms with Gasteiger partial charge in [-0.15, -0.1) is 0 Å². The molecule has 236 valence electrons. The highest BCUT2D eigenvalue weighted by Gasteiger charge is 2.50. The van der Waals surface area contributed by atoms with Crippen molar-refractivity contribution in [2.24, 2.45) is 11.7 Å². The van der Waals surface area contributed by atoms with Crippen LogP contribution in [-0.2, 0) is 20.7 Å². The number of halogens is 3. The Kier molecular flexibility index (Phi) is 10.2. The first kappa shape index (κ1) is 32.3. The van der Waals surface area contributed by atoms with Crippen LogP contribution >= 0.6 is 11.6 Å². The monoisotopic (exact) mass is 645 g/mol. The molecule has 0 aromatic heterocycles. The first-order valence-electron chi connectivity index (χ1n) is 15.1. The molecule has 7 nitrogen and oxygen atoms in total. The molecule has 0 radical (unpaired) electrons. The van der Waals surface area contributed by atoms with Gasteiger partial charge in [-0.1, -0.05) is 61.2 Å². The first-order chi connectivity index (χ1) is 21.0. The predicted octanol–water partition coefficient (Wildman–Crippen LogP) is 6.35. The number of nitrogens with two attached hydrogens (primary N) is 1. The third-order valence-electron chi connectivity index (χ3n) is 8.50. The molecule has 1 atom stereocenters. The molecule has 11 heteroatoms. The average Bonchev–Trinajstić information content (AvgIpc) is 3.04. The highest BCUT2D eigenvalue weighted by Crippen LogP contribution is 2.36. The first-order valence-corrected chi connectivity index (χ1v) is 16.9. The molecule has 5 rings (SSSR count). The normalized spacial score (nSPS) is 17.8. The van der Waals surface area contributed by atoms with Crippen LogP contribution in [-0.4, -0.2) is 51.0 Å². The Morgan fingerprint density at radius 3 is 2.27 bits per heavy atom. The molecule has 2 aliphatic rings. The van der Waals surface area contributed by atoms with Crippen LogP contribution in [0.3, 0.4) is 0 Å². The van der Waals surface area contributed by atoms with E-state index in [1.165, 1.54) is 66.6 Å². The molecule has 0 bridgehead atoms. The highest BCUT2D eigenvalue weighted by atomic mass is 35.5. The van der Waals surface area contributed by atoms with Gasteiger partial charge >= 0.3 is 0 Å². The number of nitrogens with zero attached hydrogens (tertiary/aromatic N) is 1. The van der Waals surface area contributed by atoms with E-state index in [9.17, 15) is 13.2 Å². The van der Waals surface area contributed by atoms with E-state index >= 15 is 8.78 Å². The van der Waals surface area contributed by atoms with Crippen molar-refractivity contribution in [1.29, 1.82) is 0 Å². The van der Waals surface area contributed by atoms with Crippen LogP contribution in [0.1, 0.15) is 50.5 Å². The molecule has 3 N–H and O–H groups in total. The Bertz CT molecular complexity index is 1520. The Balaban J connectivity index is 1.40. The van der Waals surface area contributed by atoms with Crippen molar-refractivity contribution < 1.29 is 26.7 Å². The molecule has 3 aromatic rings. The topological polar surface area (TPSA) is 102 Å². The summed E-state index contributed by atoms with van der Waals surface area (Å²) in [6.45, 7) is 0.861. The van der Waals surface area contributed by atoms with Crippen molar-refractivity contribution in [3.05, 3.63) is 83.4 Å². The smallest absolute Gasteiger partial charge is 0.298 e. The van der Waals surface area contributed by atoms with Crippen LogP contribution in [0.4, 0.5) is 8.78 Å². The fraction of sp³-hybridized carbons (Fsp3) is 0.424. The Morgan fingerprint density at radius 1 is 0.955 bits per heavy atom. The second-order valence-electron chi connectivity index (χ2n) is 11.7. The number of sulfonamides is 1. The van der Waals surface area contributed by atoms with Crippen LogP contribution < -0.4 is 15.2 Å². The van der Waals surface area contributed by atoms with Gasteiger partial charge in [-0.3, -0.25) is 4.79 Å². The summed E-state index contributed by atoms with van der Waals surface area (Å²) >= 11 is 5.99. The molecule has 3 aromatic carbocycles. The van der Waals surface area contributed by atoms with Crippen molar-refractivity contribution in [3.63, 3.8) is 0 Å². The fourth-order valence-electron chi connectivity index (χ4n) is 5.80. The summed E-state index contributed by atoms with van der Waals surface area (Å²) in [6.07, 6.45) is 6.67. The van der Waals surface area contributed by atoms with Crippen LogP contribution in [0, 0.1) is 5.92 Å². The van der Waals surface area contributed by atoms with Crippen molar-refractivity contribution in [3.8, 4) is 16.9 Å². The van der Waals surface area contributed by atoms with E-state index in [0.717, 1.165) is 12.8 Å². The van der Waals surface area contributed by atoms with Gasteiger partial charge in [0.05, 0.1) is 11.5 Å². The van der Waals surface area contributed by atoms with Crippen LogP contribution in [0.25, 0.3) is 11.1 Å². The summed E-state index contributed by atoms with van der Waals surface area (Å²) in [4.78, 5) is 14.7. The number of ether oxygens (including phenoxy) is 1. The summed E-state index contributed by atoms with van der Waals surface area (Å²) < 4.78 is 67.8. The standard InChI is InChI=1S/C33H38ClF2N3O4S/c34-27-11-9-24(10-12-27)25-7-4-8-26(21-25)33(35,36)31(32(40)39-19-17-28(37)18-20-39)38-44(41,42)30-15-13-29(14-16-30)43-22-23-5-2-1-3-6-23/h4,7-16,21,23,28,31,38H,1-3,5-6,17-20,22,37H2/t31-/m0/s1. The van der Waals surface area contributed by atoms with E-state index in [4.69, 9.17) is 22.1 Å². The molecule has 0 unspecified atom stereocenters. The van der Waals surface area contributed by atoms with Gasteiger partial charge in [0.1, 0.15) is 5.75 Å². The number of likely N-dealkylation sites (tertiary alicyclic amines) is 1. The summed E-state index contributed by atoms with van der Waals surface area (Å²) in [5, 5.41) is 0.500.